The highest BCUT2D eigenvalue weighted by molar-refractivity contribution is 5.57. The summed E-state index contributed by atoms with van der Waals surface area (Å²) in [6, 6.07) is -0.306. The van der Waals surface area contributed by atoms with E-state index in [0.29, 0.717) is 6.42 Å². The Balaban J connectivity index is 2.01. The van der Waals surface area contributed by atoms with Gasteiger partial charge >= 0.3 is 0 Å². The molecule has 3 atom stereocenters. The van der Waals surface area contributed by atoms with E-state index in [1.807, 2.05) is 11.0 Å². The first-order valence-electron chi connectivity index (χ1n) is 5.09. The van der Waals surface area contributed by atoms with Gasteiger partial charge in [0.1, 0.15) is 6.23 Å². The molecule has 2 aliphatic rings. The van der Waals surface area contributed by atoms with Crippen molar-refractivity contribution in [1.29, 1.82) is 0 Å². The second-order valence-corrected chi connectivity index (χ2v) is 3.67. The maximum atomic E-state index is 9.10. The van der Waals surface area contributed by atoms with Crippen molar-refractivity contribution in [2.75, 3.05) is 13.2 Å². The molecule has 2 aliphatic heterocycles. The van der Waals surface area contributed by atoms with Gasteiger partial charge in [-0.3, -0.25) is 0 Å². The summed E-state index contributed by atoms with van der Waals surface area (Å²) in [6.45, 7) is 0.580. The van der Waals surface area contributed by atoms with Crippen LogP contribution in [0.2, 0.25) is 0 Å². The van der Waals surface area contributed by atoms with Crippen molar-refractivity contribution in [1.82, 2.24) is 4.90 Å². The van der Waals surface area contributed by atoms with Gasteiger partial charge in [-0.25, -0.2) is 4.99 Å². The van der Waals surface area contributed by atoms with Crippen molar-refractivity contribution in [3.63, 3.8) is 0 Å². The third-order valence-corrected chi connectivity index (χ3v) is 2.68. The zero-order chi connectivity index (χ0) is 11.4. The first kappa shape index (κ1) is 10.9. The number of aliphatic hydroxyl groups excluding tert-OH is 1. The summed E-state index contributed by atoms with van der Waals surface area (Å²) in [5.41, 5.74) is 8.41. The van der Waals surface area contributed by atoms with Crippen LogP contribution < -0.4 is 0 Å². The highest BCUT2D eigenvalue weighted by atomic mass is 16.5. The molecule has 1 N–H and O–H groups in total. The number of hydrogen-bond acceptors (Lipinski definition) is 5. The molecule has 2 unspecified atom stereocenters. The van der Waals surface area contributed by atoms with E-state index < -0.39 is 6.10 Å². The molecule has 7 heteroatoms. The van der Waals surface area contributed by atoms with Crippen LogP contribution in [0.25, 0.3) is 10.4 Å². The molecule has 2 rings (SSSR count). The second kappa shape index (κ2) is 4.98. The Morgan fingerprint density at radius 1 is 1.69 bits per heavy atom. The SMILES string of the molecule is [N-]=[N+]=NC1C[C@H](N2C=NC=CC2)OC1CO. The van der Waals surface area contributed by atoms with E-state index in [-0.39, 0.29) is 18.9 Å². The topological polar surface area (TPSA) is 93.8 Å². The summed E-state index contributed by atoms with van der Waals surface area (Å²) < 4.78 is 5.60. The van der Waals surface area contributed by atoms with Crippen molar-refractivity contribution < 1.29 is 9.84 Å². The summed E-state index contributed by atoms with van der Waals surface area (Å²) in [7, 11) is 0. The van der Waals surface area contributed by atoms with Crippen LogP contribution in [0.4, 0.5) is 0 Å². The first-order valence-corrected chi connectivity index (χ1v) is 5.09. The predicted octanol–water partition coefficient (Wildman–Crippen LogP) is 0.630. The van der Waals surface area contributed by atoms with E-state index in [0.717, 1.165) is 6.54 Å². The highest BCUT2D eigenvalue weighted by Gasteiger charge is 2.36. The molecule has 0 aliphatic carbocycles. The molecule has 0 radical (unpaired) electrons. The summed E-state index contributed by atoms with van der Waals surface area (Å²) >= 11 is 0. The molecule has 7 nitrogen and oxygen atoms in total. The van der Waals surface area contributed by atoms with Gasteiger partial charge in [-0.1, -0.05) is 5.11 Å². The first-order chi connectivity index (χ1) is 7.85. The van der Waals surface area contributed by atoms with Gasteiger partial charge in [0.2, 0.25) is 0 Å². The van der Waals surface area contributed by atoms with Crippen LogP contribution in [0.1, 0.15) is 6.42 Å². The summed E-state index contributed by atoms with van der Waals surface area (Å²) in [5.74, 6) is 0. The number of aliphatic imine (C=N–C) groups is 1. The quantitative estimate of drug-likeness (QED) is 0.432. The van der Waals surface area contributed by atoms with Crippen molar-refractivity contribution >= 4 is 6.34 Å². The van der Waals surface area contributed by atoms with Crippen molar-refractivity contribution in [2.24, 2.45) is 10.1 Å². The molecule has 0 spiro atoms. The fraction of sp³-hybridized carbons (Fsp3) is 0.667. The van der Waals surface area contributed by atoms with E-state index in [4.69, 9.17) is 15.4 Å². The third kappa shape index (κ3) is 2.16. The normalized spacial score (nSPS) is 32.8. The maximum absolute atomic E-state index is 9.10. The number of azide groups is 1. The molecule has 0 amide bonds. The minimum Gasteiger partial charge on any atom is -0.394 e. The number of rotatable bonds is 3. The Morgan fingerprint density at radius 3 is 3.19 bits per heavy atom. The molecule has 0 aromatic heterocycles. The molecule has 2 heterocycles. The average molecular weight is 223 g/mol. The summed E-state index contributed by atoms with van der Waals surface area (Å²) in [6.07, 6.45) is 5.31. The summed E-state index contributed by atoms with van der Waals surface area (Å²) in [5, 5.41) is 12.7. The van der Waals surface area contributed by atoms with E-state index in [1.165, 1.54) is 0 Å². The third-order valence-electron chi connectivity index (χ3n) is 2.68. The van der Waals surface area contributed by atoms with Gasteiger partial charge < -0.3 is 14.7 Å². The molecule has 1 fully saturated rings. The van der Waals surface area contributed by atoms with Gasteiger partial charge in [-0.15, -0.1) is 0 Å². The lowest BCUT2D eigenvalue weighted by atomic mass is 10.1. The highest BCUT2D eigenvalue weighted by Crippen LogP contribution is 2.25. The Labute approximate surface area is 92.7 Å². The van der Waals surface area contributed by atoms with Crippen LogP contribution in [0, 0.1) is 0 Å². The predicted molar refractivity (Wildman–Crippen MR) is 57.6 cm³/mol. The van der Waals surface area contributed by atoms with Crippen LogP contribution >= 0.6 is 0 Å². The summed E-state index contributed by atoms with van der Waals surface area (Å²) in [4.78, 5) is 8.67. The number of aliphatic hydroxyl groups is 1. The molecular weight excluding hydrogens is 210 g/mol. The van der Waals surface area contributed by atoms with E-state index >= 15 is 0 Å². The number of hydrogen-bond donors (Lipinski definition) is 1. The van der Waals surface area contributed by atoms with Crippen molar-refractivity contribution in [3.8, 4) is 0 Å². The average Bonchev–Trinajstić information content (AvgIpc) is 2.74. The number of ether oxygens (including phenoxy) is 1. The van der Waals surface area contributed by atoms with Crippen LogP contribution in [0.5, 0.6) is 0 Å². The van der Waals surface area contributed by atoms with Crippen LogP contribution in [-0.4, -0.2) is 47.9 Å². The van der Waals surface area contributed by atoms with Crippen molar-refractivity contribution in [3.05, 3.63) is 22.7 Å². The lowest BCUT2D eigenvalue weighted by Crippen LogP contribution is -2.35. The van der Waals surface area contributed by atoms with Gasteiger partial charge in [0.15, 0.2) is 0 Å². The van der Waals surface area contributed by atoms with Gasteiger partial charge in [0, 0.05) is 24.1 Å². The zero-order valence-corrected chi connectivity index (χ0v) is 8.68. The molecule has 0 saturated carbocycles. The van der Waals surface area contributed by atoms with Crippen LogP contribution in [0.15, 0.2) is 22.4 Å². The second-order valence-electron chi connectivity index (χ2n) is 3.67. The lowest BCUT2D eigenvalue weighted by Gasteiger charge is -2.26. The zero-order valence-electron chi connectivity index (χ0n) is 8.68. The minimum absolute atomic E-state index is 0.138. The Morgan fingerprint density at radius 2 is 2.56 bits per heavy atom. The minimum atomic E-state index is -0.416. The fourth-order valence-corrected chi connectivity index (χ4v) is 1.87. The fourth-order valence-electron chi connectivity index (χ4n) is 1.87. The van der Waals surface area contributed by atoms with E-state index in [2.05, 4.69) is 15.0 Å². The lowest BCUT2D eigenvalue weighted by molar-refractivity contribution is -0.0395. The molecule has 86 valence electrons. The van der Waals surface area contributed by atoms with Crippen LogP contribution in [-0.2, 0) is 4.74 Å². The monoisotopic (exact) mass is 223 g/mol. The molecular formula is C9H13N5O2. The number of nitrogens with zero attached hydrogens (tertiary/aromatic N) is 5. The van der Waals surface area contributed by atoms with E-state index in [1.54, 1.807) is 12.5 Å². The van der Waals surface area contributed by atoms with Crippen LogP contribution in [0.3, 0.4) is 0 Å². The smallest absolute Gasteiger partial charge is 0.132 e. The molecule has 0 bridgehead atoms. The van der Waals surface area contributed by atoms with Gasteiger partial charge in [-0.05, 0) is 11.6 Å². The van der Waals surface area contributed by atoms with Gasteiger partial charge in [0.25, 0.3) is 0 Å². The Bertz CT molecular complexity index is 350. The maximum Gasteiger partial charge on any atom is 0.132 e. The van der Waals surface area contributed by atoms with Gasteiger partial charge in [-0.2, -0.15) is 0 Å². The molecule has 0 aromatic carbocycles. The Kier molecular flexibility index (Phi) is 3.40. The standard InChI is InChI=1S/C9H13N5O2/c10-13-12-7-4-9(16-8(7)5-15)14-3-1-2-11-6-14/h1-2,6-9,15H,3-5H2/t7?,8?,9-/m1/s1. The van der Waals surface area contributed by atoms with Gasteiger partial charge in [0.05, 0.1) is 25.1 Å². The largest absolute Gasteiger partial charge is 0.394 e. The molecule has 1 saturated heterocycles. The molecule has 16 heavy (non-hydrogen) atoms. The Hall–Kier alpha value is -1.56. The molecule has 0 aromatic rings. The van der Waals surface area contributed by atoms with Crippen molar-refractivity contribution in [2.45, 2.75) is 24.8 Å². The van der Waals surface area contributed by atoms with E-state index in [9.17, 15) is 0 Å².